The monoisotopic (exact) mass is 333 g/mol. The maximum atomic E-state index is 13.6. The first-order valence-corrected chi connectivity index (χ1v) is 7.19. The topological polar surface area (TPSA) is 61.4 Å². The summed E-state index contributed by atoms with van der Waals surface area (Å²) in [5, 5.41) is 4.93. The van der Waals surface area contributed by atoms with E-state index in [0.717, 1.165) is 6.07 Å². The average Bonchev–Trinajstić information content (AvgIpc) is 2.50. The number of carbonyl (C=O) groups excluding carboxylic acids is 2. The molecule has 126 valence electrons. The SMILES string of the molecule is CC(=O)Nc1cc(NC(=O)N(C)Cc2cccc(F)c2)ccc1F. The van der Waals surface area contributed by atoms with Crippen molar-refractivity contribution in [3.05, 3.63) is 59.7 Å². The van der Waals surface area contributed by atoms with E-state index in [2.05, 4.69) is 10.6 Å². The van der Waals surface area contributed by atoms with Crippen molar-refractivity contribution in [2.75, 3.05) is 17.7 Å². The van der Waals surface area contributed by atoms with Crippen molar-refractivity contribution in [1.29, 1.82) is 0 Å². The van der Waals surface area contributed by atoms with Crippen LogP contribution in [0.5, 0.6) is 0 Å². The molecule has 0 heterocycles. The summed E-state index contributed by atoms with van der Waals surface area (Å²) in [4.78, 5) is 24.6. The van der Waals surface area contributed by atoms with Crippen LogP contribution in [0.4, 0.5) is 25.0 Å². The van der Waals surface area contributed by atoms with Crippen LogP contribution in [-0.2, 0) is 11.3 Å². The summed E-state index contributed by atoms with van der Waals surface area (Å²) >= 11 is 0. The summed E-state index contributed by atoms with van der Waals surface area (Å²) in [6.07, 6.45) is 0. The smallest absolute Gasteiger partial charge is 0.321 e. The van der Waals surface area contributed by atoms with Gasteiger partial charge in [-0.15, -0.1) is 0 Å². The Bertz CT molecular complexity index is 765. The van der Waals surface area contributed by atoms with Gasteiger partial charge in [0.1, 0.15) is 11.6 Å². The third-order valence-electron chi connectivity index (χ3n) is 3.18. The number of urea groups is 1. The lowest BCUT2D eigenvalue weighted by Gasteiger charge is -2.18. The third kappa shape index (κ3) is 4.77. The molecule has 0 saturated heterocycles. The molecule has 0 aliphatic rings. The van der Waals surface area contributed by atoms with Crippen molar-refractivity contribution in [2.24, 2.45) is 0 Å². The number of benzene rings is 2. The molecule has 2 aromatic carbocycles. The number of amides is 3. The lowest BCUT2D eigenvalue weighted by atomic mass is 10.2. The van der Waals surface area contributed by atoms with E-state index in [1.807, 2.05) is 0 Å². The molecule has 3 amide bonds. The Balaban J connectivity index is 2.04. The van der Waals surface area contributed by atoms with Crippen molar-refractivity contribution in [1.82, 2.24) is 4.90 Å². The fraction of sp³-hybridized carbons (Fsp3) is 0.176. The van der Waals surface area contributed by atoms with Crippen molar-refractivity contribution in [3.8, 4) is 0 Å². The molecule has 7 heteroatoms. The number of halogens is 2. The Kier molecular flexibility index (Phi) is 5.47. The van der Waals surface area contributed by atoms with E-state index in [9.17, 15) is 18.4 Å². The van der Waals surface area contributed by atoms with Gasteiger partial charge in [-0.05, 0) is 35.9 Å². The van der Waals surface area contributed by atoms with Gasteiger partial charge in [-0.3, -0.25) is 4.79 Å². The minimum Gasteiger partial charge on any atom is -0.324 e. The van der Waals surface area contributed by atoms with Gasteiger partial charge >= 0.3 is 6.03 Å². The minimum absolute atomic E-state index is 0.0203. The third-order valence-corrected chi connectivity index (χ3v) is 3.18. The van der Waals surface area contributed by atoms with Crippen LogP contribution in [0.1, 0.15) is 12.5 Å². The van der Waals surface area contributed by atoms with Gasteiger partial charge in [-0.25, -0.2) is 13.6 Å². The van der Waals surface area contributed by atoms with Crippen LogP contribution < -0.4 is 10.6 Å². The molecule has 0 radical (unpaired) electrons. The van der Waals surface area contributed by atoms with Gasteiger partial charge < -0.3 is 15.5 Å². The van der Waals surface area contributed by atoms with E-state index >= 15 is 0 Å². The van der Waals surface area contributed by atoms with Crippen LogP contribution in [-0.4, -0.2) is 23.9 Å². The van der Waals surface area contributed by atoms with Gasteiger partial charge in [0.05, 0.1) is 5.69 Å². The number of anilines is 2. The molecule has 0 bridgehead atoms. The van der Waals surface area contributed by atoms with Gasteiger partial charge in [0.25, 0.3) is 0 Å². The molecular formula is C17H17F2N3O2. The molecule has 0 atom stereocenters. The zero-order chi connectivity index (χ0) is 17.7. The van der Waals surface area contributed by atoms with Gasteiger partial charge in [0, 0.05) is 26.2 Å². The molecule has 0 aromatic heterocycles. The fourth-order valence-corrected chi connectivity index (χ4v) is 2.09. The van der Waals surface area contributed by atoms with Gasteiger partial charge in [0.15, 0.2) is 0 Å². The average molecular weight is 333 g/mol. The molecule has 0 saturated carbocycles. The second-order valence-electron chi connectivity index (χ2n) is 5.29. The maximum absolute atomic E-state index is 13.6. The summed E-state index contributed by atoms with van der Waals surface area (Å²) in [6.45, 7) is 1.47. The van der Waals surface area contributed by atoms with Crippen molar-refractivity contribution < 1.29 is 18.4 Å². The second-order valence-corrected chi connectivity index (χ2v) is 5.29. The van der Waals surface area contributed by atoms with Crippen molar-refractivity contribution in [2.45, 2.75) is 13.5 Å². The van der Waals surface area contributed by atoms with Crippen molar-refractivity contribution in [3.63, 3.8) is 0 Å². The van der Waals surface area contributed by atoms with Gasteiger partial charge in [-0.1, -0.05) is 12.1 Å². The molecule has 5 nitrogen and oxygen atoms in total. The molecule has 24 heavy (non-hydrogen) atoms. The van der Waals surface area contributed by atoms with E-state index < -0.39 is 17.8 Å². The summed E-state index contributed by atoms with van der Waals surface area (Å²) in [5.41, 5.74) is 0.954. The molecule has 0 unspecified atom stereocenters. The molecule has 2 rings (SSSR count). The summed E-state index contributed by atoms with van der Waals surface area (Å²) < 4.78 is 26.7. The molecular weight excluding hydrogens is 316 g/mol. The molecule has 0 aliphatic carbocycles. The number of hydrogen-bond donors (Lipinski definition) is 2. The van der Waals surface area contributed by atoms with E-state index in [-0.39, 0.29) is 18.0 Å². The Morgan fingerprint density at radius 3 is 2.50 bits per heavy atom. The second kappa shape index (κ2) is 7.54. The Labute approximate surface area is 138 Å². The number of hydrogen-bond acceptors (Lipinski definition) is 2. The van der Waals surface area contributed by atoms with E-state index in [4.69, 9.17) is 0 Å². The highest BCUT2D eigenvalue weighted by Crippen LogP contribution is 2.20. The van der Waals surface area contributed by atoms with E-state index in [1.165, 1.54) is 36.1 Å². The van der Waals surface area contributed by atoms with Crippen LogP contribution in [0.2, 0.25) is 0 Å². The van der Waals surface area contributed by atoms with E-state index in [1.54, 1.807) is 19.2 Å². The highest BCUT2D eigenvalue weighted by Gasteiger charge is 2.12. The number of nitrogens with zero attached hydrogens (tertiary/aromatic N) is 1. The molecule has 2 N–H and O–H groups in total. The molecule has 0 spiro atoms. The highest BCUT2D eigenvalue weighted by molar-refractivity contribution is 5.92. The molecule has 0 fully saturated rings. The largest absolute Gasteiger partial charge is 0.324 e. The minimum atomic E-state index is -0.601. The Morgan fingerprint density at radius 1 is 1.08 bits per heavy atom. The number of carbonyl (C=O) groups is 2. The quantitative estimate of drug-likeness (QED) is 0.898. The van der Waals surface area contributed by atoms with Gasteiger partial charge in [0.2, 0.25) is 5.91 Å². The summed E-state index contributed by atoms with van der Waals surface area (Å²) in [7, 11) is 1.55. The van der Waals surface area contributed by atoms with Crippen molar-refractivity contribution >= 4 is 23.3 Å². The van der Waals surface area contributed by atoms with Crippen LogP contribution in [0.25, 0.3) is 0 Å². The predicted octanol–water partition coefficient (Wildman–Crippen LogP) is 3.59. The lowest BCUT2D eigenvalue weighted by molar-refractivity contribution is -0.114. The Morgan fingerprint density at radius 2 is 1.83 bits per heavy atom. The van der Waals surface area contributed by atoms with Crippen LogP contribution in [0, 0.1) is 11.6 Å². The zero-order valence-corrected chi connectivity index (χ0v) is 13.3. The van der Waals surface area contributed by atoms with E-state index in [0.29, 0.717) is 11.3 Å². The first kappa shape index (κ1) is 17.4. The summed E-state index contributed by atoms with van der Waals surface area (Å²) in [5.74, 6) is -1.39. The number of nitrogens with one attached hydrogen (secondary N) is 2. The first-order valence-electron chi connectivity index (χ1n) is 7.19. The first-order chi connectivity index (χ1) is 11.3. The zero-order valence-electron chi connectivity index (χ0n) is 13.3. The molecule has 0 aliphatic heterocycles. The van der Waals surface area contributed by atoms with Gasteiger partial charge in [-0.2, -0.15) is 0 Å². The molecule has 2 aromatic rings. The fourth-order valence-electron chi connectivity index (χ4n) is 2.09. The van der Waals surface area contributed by atoms with Crippen LogP contribution in [0.15, 0.2) is 42.5 Å². The highest BCUT2D eigenvalue weighted by atomic mass is 19.1. The lowest BCUT2D eigenvalue weighted by Crippen LogP contribution is -2.30. The summed E-state index contributed by atoms with van der Waals surface area (Å²) in [6, 6.07) is 9.35. The predicted molar refractivity (Wildman–Crippen MR) is 87.6 cm³/mol. The standard InChI is InChI=1S/C17H17F2N3O2/c1-11(23)20-16-9-14(6-7-15(16)19)21-17(24)22(2)10-12-4-3-5-13(18)8-12/h3-9H,10H2,1-2H3,(H,20,23)(H,21,24). The van der Waals surface area contributed by atoms with Crippen LogP contribution in [0.3, 0.4) is 0 Å². The normalized spacial score (nSPS) is 10.2. The van der Waals surface area contributed by atoms with Crippen LogP contribution >= 0.6 is 0 Å². The number of rotatable bonds is 4. The Hall–Kier alpha value is -2.96. The maximum Gasteiger partial charge on any atom is 0.321 e.